The van der Waals surface area contributed by atoms with Gasteiger partial charge in [-0.2, -0.15) is 0 Å². The summed E-state index contributed by atoms with van der Waals surface area (Å²) in [4.78, 5) is 11.1. The van der Waals surface area contributed by atoms with Gasteiger partial charge in [-0.05, 0) is 52.9 Å². The van der Waals surface area contributed by atoms with E-state index < -0.39 is 17.0 Å². The van der Waals surface area contributed by atoms with Crippen molar-refractivity contribution in [3.8, 4) is 11.8 Å². The standard InChI is InChI=1S/C25H40O4/c1-5-6-7-8-9-10-11-12-14-19-25(4,28)20-17-22-21(29-22)16-13-15-18-24(2,3)23(26)27/h9-10,12,14,21-22,28H,5-8,11,13,15-16,18-19H2,1-4H3,(H,26,27)/b10-9-,14-12-. The SMILES string of the molecule is CCCCC/C=C\C/C=C\CC(C)(O)C#CC1OC1CCCCC(C)(C)C(=O)O. The third kappa shape index (κ3) is 11.9. The third-order valence-electron chi connectivity index (χ3n) is 5.28. The first-order chi connectivity index (χ1) is 13.7. The number of aliphatic hydroxyl groups is 1. The molecule has 1 heterocycles. The second-order valence-electron chi connectivity index (χ2n) is 8.95. The number of carboxylic acids is 1. The van der Waals surface area contributed by atoms with Crippen LogP contribution in [0, 0.1) is 17.3 Å². The highest BCUT2D eigenvalue weighted by molar-refractivity contribution is 5.73. The Balaban J connectivity index is 2.19. The number of epoxide rings is 1. The van der Waals surface area contributed by atoms with Gasteiger partial charge in [0.05, 0.1) is 11.5 Å². The molecule has 1 fully saturated rings. The molecule has 1 rings (SSSR count). The molecule has 1 saturated heterocycles. The summed E-state index contributed by atoms with van der Waals surface area (Å²) in [5, 5.41) is 19.5. The molecule has 0 aromatic heterocycles. The van der Waals surface area contributed by atoms with Crippen LogP contribution in [0.1, 0.15) is 91.9 Å². The lowest BCUT2D eigenvalue weighted by molar-refractivity contribution is -0.147. The number of carboxylic acid groups (broad SMARTS) is 1. The Morgan fingerprint density at radius 1 is 1.07 bits per heavy atom. The van der Waals surface area contributed by atoms with Gasteiger partial charge in [0.2, 0.25) is 0 Å². The second-order valence-corrected chi connectivity index (χ2v) is 8.95. The first kappa shape index (κ1) is 25.5. The summed E-state index contributed by atoms with van der Waals surface area (Å²) in [6.45, 7) is 7.47. The molecule has 29 heavy (non-hydrogen) atoms. The minimum Gasteiger partial charge on any atom is -0.481 e. The van der Waals surface area contributed by atoms with E-state index in [2.05, 4.69) is 37.0 Å². The highest BCUT2D eigenvalue weighted by Crippen LogP contribution is 2.29. The minimum atomic E-state index is -1.04. The number of ether oxygens (including phenoxy) is 1. The normalized spacial score (nSPS) is 21.1. The highest BCUT2D eigenvalue weighted by Gasteiger charge is 2.37. The summed E-state index contributed by atoms with van der Waals surface area (Å²) in [6, 6.07) is 0. The van der Waals surface area contributed by atoms with Gasteiger partial charge in [-0.25, -0.2) is 0 Å². The van der Waals surface area contributed by atoms with Gasteiger partial charge in [0.25, 0.3) is 0 Å². The lowest BCUT2D eigenvalue weighted by atomic mass is 9.87. The molecule has 0 aromatic carbocycles. The fraction of sp³-hybridized carbons (Fsp3) is 0.720. The molecule has 0 aliphatic carbocycles. The van der Waals surface area contributed by atoms with Crippen molar-refractivity contribution in [1.82, 2.24) is 0 Å². The van der Waals surface area contributed by atoms with Crippen LogP contribution < -0.4 is 0 Å². The van der Waals surface area contributed by atoms with E-state index in [9.17, 15) is 9.90 Å². The van der Waals surface area contributed by atoms with Gasteiger partial charge in [0.15, 0.2) is 0 Å². The zero-order valence-corrected chi connectivity index (χ0v) is 18.7. The van der Waals surface area contributed by atoms with Gasteiger partial charge < -0.3 is 14.9 Å². The predicted octanol–water partition coefficient (Wildman–Crippen LogP) is 5.65. The molecule has 0 bridgehead atoms. The van der Waals surface area contributed by atoms with Crippen LogP contribution in [0.15, 0.2) is 24.3 Å². The first-order valence-corrected chi connectivity index (χ1v) is 11.1. The summed E-state index contributed by atoms with van der Waals surface area (Å²) < 4.78 is 5.56. The molecule has 0 spiro atoms. The molecule has 0 amide bonds. The van der Waals surface area contributed by atoms with Crippen molar-refractivity contribution in [1.29, 1.82) is 0 Å². The zero-order valence-electron chi connectivity index (χ0n) is 18.7. The first-order valence-electron chi connectivity index (χ1n) is 11.1. The van der Waals surface area contributed by atoms with E-state index in [1.807, 2.05) is 6.08 Å². The van der Waals surface area contributed by atoms with Crippen molar-refractivity contribution in [2.24, 2.45) is 5.41 Å². The molecule has 3 unspecified atom stereocenters. The van der Waals surface area contributed by atoms with Crippen LogP contribution in [0.5, 0.6) is 0 Å². The molecular formula is C25H40O4. The fourth-order valence-electron chi connectivity index (χ4n) is 3.00. The van der Waals surface area contributed by atoms with Gasteiger partial charge in [-0.15, -0.1) is 0 Å². The Hall–Kier alpha value is -1.57. The summed E-state index contributed by atoms with van der Waals surface area (Å²) in [7, 11) is 0. The van der Waals surface area contributed by atoms with Crippen molar-refractivity contribution in [3.63, 3.8) is 0 Å². The van der Waals surface area contributed by atoms with E-state index in [1.165, 1.54) is 19.3 Å². The smallest absolute Gasteiger partial charge is 0.309 e. The quantitative estimate of drug-likeness (QED) is 0.170. The van der Waals surface area contributed by atoms with Crippen molar-refractivity contribution in [2.45, 2.75) is 110 Å². The number of rotatable bonds is 14. The van der Waals surface area contributed by atoms with Gasteiger partial charge in [0, 0.05) is 6.42 Å². The fourth-order valence-corrected chi connectivity index (χ4v) is 3.00. The largest absolute Gasteiger partial charge is 0.481 e. The summed E-state index contributed by atoms with van der Waals surface area (Å²) in [5.74, 6) is 5.23. The van der Waals surface area contributed by atoms with E-state index >= 15 is 0 Å². The maximum atomic E-state index is 11.1. The van der Waals surface area contributed by atoms with Crippen LogP contribution in [0.4, 0.5) is 0 Å². The zero-order chi connectivity index (χ0) is 21.8. The van der Waals surface area contributed by atoms with Crippen molar-refractivity contribution in [2.75, 3.05) is 0 Å². The molecule has 1 aliphatic rings. The number of hydrogen-bond donors (Lipinski definition) is 2. The van der Waals surface area contributed by atoms with Crippen LogP contribution in [0.25, 0.3) is 0 Å². The molecule has 3 atom stereocenters. The maximum Gasteiger partial charge on any atom is 0.309 e. The number of aliphatic carboxylic acids is 1. The molecule has 2 N–H and O–H groups in total. The average molecular weight is 405 g/mol. The molecule has 0 radical (unpaired) electrons. The lowest BCUT2D eigenvalue weighted by Gasteiger charge is -2.18. The van der Waals surface area contributed by atoms with Crippen molar-refractivity contribution < 1.29 is 19.7 Å². The molecular weight excluding hydrogens is 364 g/mol. The van der Waals surface area contributed by atoms with Gasteiger partial charge >= 0.3 is 5.97 Å². The van der Waals surface area contributed by atoms with E-state index in [4.69, 9.17) is 9.84 Å². The number of unbranched alkanes of at least 4 members (excludes halogenated alkanes) is 4. The summed E-state index contributed by atoms with van der Waals surface area (Å²) in [6.07, 6.45) is 18.2. The monoisotopic (exact) mass is 404 g/mol. The molecule has 0 aromatic rings. The second kappa shape index (κ2) is 12.9. The molecule has 4 nitrogen and oxygen atoms in total. The Morgan fingerprint density at radius 2 is 1.79 bits per heavy atom. The third-order valence-corrected chi connectivity index (χ3v) is 5.28. The number of hydrogen-bond acceptors (Lipinski definition) is 3. The predicted molar refractivity (Wildman–Crippen MR) is 119 cm³/mol. The van der Waals surface area contributed by atoms with E-state index in [-0.39, 0.29) is 12.2 Å². The highest BCUT2D eigenvalue weighted by atomic mass is 16.6. The van der Waals surface area contributed by atoms with Crippen molar-refractivity contribution >= 4 is 5.97 Å². The molecule has 164 valence electrons. The Morgan fingerprint density at radius 3 is 2.48 bits per heavy atom. The number of carbonyl (C=O) groups is 1. The van der Waals surface area contributed by atoms with Crippen LogP contribution in [0.3, 0.4) is 0 Å². The topological polar surface area (TPSA) is 70.1 Å². The molecule has 0 saturated carbocycles. The van der Waals surface area contributed by atoms with Gasteiger partial charge in [-0.1, -0.05) is 68.8 Å². The summed E-state index contributed by atoms with van der Waals surface area (Å²) >= 11 is 0. The molecule has 4 heteroatoms. The van der Waals surface area contributed by atoms with E-state index in [1.54, 1.807) is 20.8 Å². The maximum absolute atomic E-state index is 11.1. The Labute approximate surface area is 177 Å². The molecule has 1 aliphatic heterocycles. The Kier molecular flexibility index (Phi) is 11.3. The lowest BCUT2D eigenvalue weighted by Crippen LogP contribution is -2.23. The van der Waals surface area contributed by atoms with Crippen LogP contribution >= 0.6 is 0 Å². The average Bonchev–Trinajstić information content (AvgIpc) is 3.41. The Bertz CT molecular complexity index is 604. The van der Waals surface area contributed by atoms with Crippen LogP contribution in [-0.2, 0) is 9.53 Å². The van der Waals surface area contributed by atoms with Crippen molar-refractivity contribution in [3.05, 3.63) is 24.3 Å². The van der Waals surface area contributed by atoms with E-state index in [0.717, 1.165) is 32.1 Å². The van der Waals surface area contributed by atoms with Gasteiger partial charge in [0.1, 0.15) is 11.7 Å². The van der Waals surface area contributed by atoms with Gasteiger partial charge in [-0.3, -0.25) is 4.79 Å². The van der Waals surface area contributed by atoms with E-state index in [0.29, 0.717) is 12.8 Å². The van der Waals surface area contributed by atoms with Crippen LogP contribution in [0.2, 0.25) is 0 Å². The minimum absolute atomic E-state index is 0.0935. The summed E-state index contributed by atoms with van der Waals surface area (Å²) in [5.41, 5.74) is -1.70. The van der Waals surface area contributed by atoms with Crippen LogP contribution in [-0.4, -0.2) is 34.0 Å². The number of allylic oxidation sites excluding steroid dienone is 3.